The lowest BCUT2D eigenvalue weighted by atomic mass is 10.1. The molecule has 3 heterocycles. The Morgan fingerprint density at radius 2 is 1.91 bits per heavy atom. The molecule has 5 N–H and O–H groups in total. The van der Waals surface area contributed by atoms with E-state index in [1.165, 1.54) is 10.9 Å². The Balaban J connectivity index is 1.51. The lowest BCUT2D eigenvalue weighted by Gasteiger charge is -2.16. The quantitative estimate of drug-likeness (QED) is 0.356. The standard InChI is InChI=1S/C20H25N5O7/c1-29-11-4-3-10(7-12(11)30-2)5-6-31-20-23-17(21)14-18(24-20)25(9-22-14)19-16(28)15(27)13(8-26)32-19/h3-4,7,9,13,15-16,19,26-28H,5-6,8H2,1-2H3,(H2,21,23,24)/t13-,15-,16-,19?/m0/s1. The number of nitrogens with zero attached hydrogens (tertiary/aromatic N) is 4. The van der Waals surface area contributed by atoms with Gasteiger partial charge in [0, 0.05) is 6.42 Å². The Bertz CT molecular complexity index is 1090. The summed E-state index contributed by atoms with van der Waals surface area (Å²) in [6.45, 7) is -0.175. The first-order valence-corrected chi connectivity index (χ1v) is 9.93. The third kappa shape index (κ3) is 4.00. The minimum absolute atomic E-state index is 0.0315. The van der Waals surface area contributed by atoms with Crippen LogP contribution in [0, 0.1) is 0 Å². The molecule has 0 saturated carbocycles. The lowest BCUT2D eigenvalue weighted by molar-refractivity contribution is -0.0511. The predicted octanol–water partition coefficient (Wildman–Crippen LogP) is -0.341. The molecule has 4 rings (SSSR count). The molecule has 1 aromatic carbocycles. The Labute approximate surface area is 183 Å². The van der Waals surface area contributed by atoms with Gasteiger partial charge in [0.15, 0.2) is 34.7 Å². The third-order valence-electron chi connectivity index (χ3n) is 5.29. The Kier molecular flexibility index (Phi) is 6.28. The van der Waals surface area contributed by atoms with Gasteiger partial charge in [-0.15, -0.1) is 0 Å². The van der Waals surface area contributed by atoms with E-state index in [0.29, 0.717) is 23.4 Å². The van der Waals surface area contributed by atoms with E-state index in [4.69, 9.17) is 24.7 Å². The number of fused-ring (bicyclic) bond motifs is 1. The number of aliphatic hydroxyl groups excluding tert-OH is 3. The number of hydrogen-bond acceptors (Lipinski definition) is 11. The highest BCUT2D eigenvalue weighted by molar-refractivity contribution is 5.82. The molecule has 1 fully saturated rings. The summed E-state index contributed by atoms with van der Waals surface area (Å²) in [7, 11) is 3.14. The highest BCUT2D eigenvalue weighted by atomic mass is 16.6. The number of rotatable bonds is 8. The van der Waals surface area contributed by atoms with Crippen molar-refractivity contribution in [2.45, 2.75) is 31.0 Å². The molecule has 0 radical (unpaired) electrons. The molecule has 3 aromatic rings. The number of aliphatic hydroxyl groups is 3. The summed E-state index contributed by atoms with van der Waals surface area (Å²) in [5.74, 6) is 1.35. The monoisotopic (exact) mass is 447 g/mol. The molecule has 1 aliphatic rings. The van der Waals surface area contributed by atoms with Gasteiger partial charge in [0.2, 0.25) is 0 Å². The number of hydrogen-bond donors (Lipinski definition) is 4. The highest BCUT2D eigenvalue weighted by Crippen LogP contribution is 2.32. The van der Waals surface area contributed by atoms with E-state index in [-0.39, 0.29) is 24.1 Å². The molecule has 12 nitrogen and oxygen atoms in total. The third-order valence-corrected chi connectivity index (χ3v) is 5.29. The van der Waals surface area contributed by atoms with Crippen molar-refractivity contribution in [1.82, 2.24) is 19.5 Å². The van der Waals surface area contributed by atoms with E-state index >= 15 is 0 Å². The summed E-state index contributed by atoms with van der Waals surface area (Å²) in [6, 6.07) is 5.61. The van der Waals surface area contributed by atoms with Crippen LogP contribution < -0.4 is 19.9 Å². The zero-order valence-corrected chi connectivity index (χ0v) is 17.6. The van der Waals surface area contributed by atoms with Crippen molar-refractivity contribution in [3.63, 3.8) is 0 Å². The average Bonchev–Trinajstić information content (AvgIpc) is 3.34. The topological polar surface area (TPSA) is 167 Å². The molecule has 0 bridgehead atoms. The fourth-order valence-corrected chi connectivity index (χ4v) is 3.57. The second kappa shape index (κ2) is 9.12. The van der Waals surface area contributed by atoms with Crippen LogP contribution in [0.25, 0.3) is 11.2 Å². The summed E-state index contributed by atoms with van der Waals surface area (Å²) >= 11 is 0. The largest absolute Gasteiger partial charge is 0.493 e. The molecule has 0 amide bonds. The van der Waals surface area contributed by atoms with Crippen molar-refractivity contribution in [2.24, 2.45) is 0 Å². The van der Waals surface area contributed by atoms with E-state index in [0.717, 1.165) is 5.56 Å². The highest BCUT2D eigenvalue weighted by Gasteiger charge is 2.44. The minimum atomic E-state index is -1.28. The van der Waals surface area contributed by atoms with Gasteiger partial charge in [0.1, 0.15) is 18.3 Å². The molecule has 32 heavy (non-hydrogen) atoms. The first kappa shape index (κ1) is 22.0. The summed E-state index contributed by atoms with van der Waals surface area (Å²) in [4.78, 5) is 12.7. The van der Waals surface area contributed by atoms with Gasteiger partial charge < -0.3 is 40.0 Å². The van der Waals surface area contributed by atoms with Gasteiger partial charge in [-0.25, -0.2) is 4.98 Å². The van der Waals surface area contributed by atoms with E-state index in [1.807, 2.05) is 18.2 Å². The van der Waals surface area contributed by atoms with Crippen LogP contribution in [-0.4, -0.2) is 80.6 Å². The van der Waals surface area contributed by atoms with E-state index < -0.39 is 31.1 Å². The van der Waals surface area contributed by atoms with Gasteiger partial charge in [-0.2, -0.15) is 9.97 Å². The minimum Gasteiger partial charge on any atom is -0.493 e. The molecule has 12 heteroatoms. The first-order valence-electron chi connectivity index (χ1n) is 9.93. The number of imidazole rings is 1. The maximum absolute atomic E-state index is 10.3. The average molecular weight is 447 g/mol. The van der Waals surface area contributed by atoms with Crippen LogP contribution in [-0.2, 0) is 11.2 Å². The Morgan fingerprint density at radius 1 is 1.12 bits per heavy atom. The van der Waals surface area contributed by atoms with Crippen molar-refractivity contribution < 1.29 is 34.3 Å². The fraction of sp³-hybridized carbons (Fsp3) is 0.450. The van der Waals surface area contributed by atoms with Crippen LogP contribution in [0.2, 0.25) is 0 Å². The Hall–Kier alpha value is -3.19. The second-order valence-corrected chi connectivity index (χ2v) is 7.23. The van der Waals surface area contributed by atoms with Crippen molar-refractivity contribution >= 4 is 17.0 Å². The number of anilines is 1. The van der Waals surface area contributed by atoms with Crippen molar-refractivity contribution in [3.8, 4) is 17.5 Å². The summed E-state index contributed by atoms with van der Waals surface area (Å²) in [5.41, 5.74) is 7.55. The molecular formula is C20H25N5O7. The maximum atomic E-state index is 10.3. The number of benzene rings is 1. The molecule has 2 aromatic heterocycles. The molecule has 1 aliphatic heterocycles. The van der Waals surface area contributed by atoms with Crippen molar-refractivity contribution in [1.29, 1.82) is 0 Å². The zero-order valence-electron chi connectivity index (χ0n) is 17.6. The van der Waals surface area contributed by atoms with Gasteiger partial charge in [-0.1, -0.05) is 6.07 Å². The number of ether oxygens (including phenoxy) is 4. The van der Waals surface area contributed by atoms with Crippen LogP contribution in [0.5, 0.6) is 17.5 Å². The first-order chi connectivity index (χ1) is 15.5. The van der Waals surface area contributed by atoms with Crippen molar-refractivity contribution in [3.05, 3.63) is 30.1 Å². The van der Waals surface area contributed by atoms with E-state index in [1.54, 1.807) is 14.2 Å². The number of nitrogens with two attached hydrogens (primary N) is 1. The van der Waals surface area contributed by atoms with Crippen LogP contribution in [0.1, 0.15) is 11.8 Å². The van der Waals surface area contributed by atoms with Gasteiger partial charge in [-0.3, -0.25) is 4.57 Å². The van der Waals surface area contributed by atoms with Gasteiger partial charge in [-0.05, 0) is 17.7 Å². The number of methoxy groups -OCH3 is 2. The molecule has 1 saturated heterocycles. The maximum Gasteiger partial charge on any atom is 0.320 e. The van der Waals surface area contributed by atoms with Crippen LogP contribution >= 0.6 is 0 Å². The number of nitrogen functional groups attached to an aromatic ring is 1. The predicted molar refractivity (Wildman–Crippen MR) is 111 cm³/mol. The van der Waals surface area contributed by atoms with Gasteiger partial charge >= 0.3 is 6.01 Å². The molecule has 172 valence electrons. The van der Waals surface area contributed by atoms with Crippen LogP contribution in [0.4, 0.5) is 5.82 Å². The van der Waals surface area contributed by atoms with Crippen LogP contribution in [0.3, 0.4) is 0 Å². The van der Waals surface area contributed by atoms with E-state index in [2.05, 4.69) is 15.0 Å². The van der Waals surface area contributed by atoms with Crippen molar-refractivity contribution in [2.75, 3.05) is 33.2 Å². The zero-order chi connectivity index (χ0) is 22.8. The normalized spacial score (nSPS) is 22.9. The van der Waals surface area contributed by atoms with Crippen LogP contribution in [0.15, 0.2) is 24.5 Å². The molecular weight excluding hydrogens is 422 g/mol. The van der Waals surface area contributed by atoms with Gasteiger partial charge in [0.05, 0.1) is 33.8 Å². The van der Waals surface area contributed by atoms with E-state index in [9.17, 15) is 15.3 Å². The summed E-state index contributed by atoms with van der Waals surface area (Å²) in [6.07, 6.45) is -2.53. The number of aromatic nitrogens is 4. The van der Waals surface area contributed by atoms with Gasteiger partial charge in [0.25, 0.3) is 0 Å². The molecule has 4 atom stereocenters. The molecule has 0 spiro atoms. The molecule has 0 aliphatic carbocycles. The fourth-order valence-electron chi connectivity index (χ4n) is 3.57. The molecule has 1 unspecified atom stereocenters. The summed E-state index contributed by atoms with van der Waals surface area (Å²) in [5, 5.41) is 29.7. The second-order valence-electron chi connectivity index (χ2n) is 7.23. The SMILES string of the molecule is COc1ccc(CCOc2nc(N)c3ncn(C4O[C@@H](CO)[C@H](O)[C@@H]4O)c3n2)cc1OC. The summed E-state index contributed by atoms with van der Waals surface area (Å²) < 4.78 is 23.2. The Morgan fingerprint density at radius 3 is 2.59 bits per heavy atom. The smallest absolute Gasteiger partial charge is 0.320 e. The lowest BCUT2D eigenvalue weighted by Crippen LogP contribution is -2.33.